The molecule has 0 aliphatic heterocycles. The summed E-state index contributed by atoms with van der Waals surface area (Å²) in [7, 11) is -1.37. The van der Waals surface area contributed by atoms with Gasteiger partial charge in [0.1, 0.15) is 5.82 Å². The van der Waals surface area contributed by atoms with Crippen LogP contribution in [0.15, 0.2) is 29.2 Å². The van der Waals surface area contributed by atoms with Crippen molar-refractivity contribution >= 4 is 10.8 Å². The number of rotatable bonds is 6. The van der Waals surface area contributed by atoms with Gasteiger partial charge in [0.2, 0.25) is 0 Å². The van der Waals surface area contributed by atoms with Gasteiger partial charge in [0.05, 0.1) is 22.7 Å². The third-order valence-corrected chi connectivity index (χ3v) is 3.63. The summed E-state index contributed by atoms with van der Waals surface area (Å²) in [6.07, 6.45) is -0.693. The first-order valence-corrected chi connectivity index (χ1v) is 6.86. The maximum atomic E-state index is 12.9. The van der Waals surface area contributed by atoms with Crippen molar-refractivity contribution in [2.75, 3.05) is 12.3 Å². The van der Waals surface area contributed by atoms with Gasteiger partial charge < -0.3 is 10.4 Å². The molecule has 3 nitrogen and oxygen atoms in total. The minimum absolute atomic E-state index is 0.114. The monoisotopic (exact) mass is 259 g/mol. The van der Waals surface area contributed by atoms with Crippen LogP contribution in [0.4, 0.5) is 4.39 Å². The van der Waals surface area contributed by atoms with Crippen LogP contribution in [0.3, 0.4) is 0 Å². The van der Waals surface area contributed by atoms with E-state index in [0.717, 1.165) is 0 Å². The number of halogens is 1. The maximum Gasteiger partial charge on any atom is 0.124 e. The van der Waals surface area contributed by atoms with Gasteiger partial charge in [-0.1, -0.05) is 19.9 Å². The van der Waals surface area contributed by atoms with E-state index in [1.807, 2.05) is 13.8 Å². The Morgan fingerprint density at radius 3 is 2.76 bits per heavy atom. The molecule has 0 amide bonds. The molecule has 1 aromatic carbocycles. The molecule has 0 saturated heterocycles. The quantitative estimate of drug-likeness (QED) is 0.809. The molecule has 0 aliphatic carbocycles. The highest BCUT2D eigenvalue weighted by Gasteiger charge is 2.12. The van der Waals surface area contributed by atoms with E-state index in [1.165, 1.54) is 18.2 Å². The Morgan fingerprint density at radius 1 is 1.47 bits per heavy atom. The molecular formula is C12H18FNO2S. The molecular weight excluding hydrogens is 241 g/mol. The number of hydrogen-bond donors (Lipinski definition) is 2. The lowest BCUT2D eigenvalue weighted by Gasteiger charge is -2.13. The number of benzene rings is 1. The van der Waals surface area contributed by atoms with Crippen molar-refractivity contribution in [1.82, 2.24) is 5.32 Å². The lowest BCUT2D eigenvalue weighted by molar-refractivity contribution is 0.191. The van der Waals surface area contributed by atoms with Gasteiger partial charge in [-0.05, 0) is 18.2 Å². The molecule has 1 rings (SSSR count). The Balaban J connectivity index is 2.49. The van der Waals surface area contributed by atoms with Crippen molar-refractivity contribution in [3.8, 4) is 0 Å². The van der Waals surface area contributed by atoms with E-state index in [0.29, 0.717) is 11.4 Å². The second-order valence-corrected chi connectivity index (χ2v) is 5.68. The topological polar surface area (TPSA) is 49.3 Å². The smallest absolute Gasteiger partial charge is 0.124 e. The van der Waals surface area contributed by atoms with Gasteiger partial charge in [-0.3, -0.25) is 4.21 Å². The molecule has 0 bridgehead atoms. The van der Waals surface area contributed by atoms with E-state index in [2.05, 4.69) is 5.32 Å². The van der Waals surface area contributed by atoms with Crippen LogP contribution < -0.4 is 5.32 Å². The summed E-state index contributed by atoms with van der Waals surface area (Å²) in [4.78, 5) is 0.411. The van der Waals surface area contributed by atoms with Crippen LogP contribution in [0, 0.1) is 5.82 Å². The Hall–Kier alpha value is -0.780. The normalized spacial score (nSPS) is 14.9. The van der Waals surface area contributed by atoms with Gasteiger partial charge in [0.15, 0.2) is 0 Å². The second kappa shape index (κ2) is 6.83. The highest BCUT2D eigenvalue weighted by Crippen LogP contribution is 2.09. The summed E-state index contributed by atoms with van der Waals surface area (Å²) >= 11 is 0. The standard InChI is InChI=1S/C12H18FNO2S/c1-9(2)14-7-11(15)8-17(16)12-5-3-4-10(13)6-12/h3-6,9,11,14-15H,7-8H2,1-2H3. The predicted octanol–water partition coefficient (Wildman–Crippen LogP) is 1.29. The fraction of sp³-hybridized carbons (Fsp3) is 0.500. The fourth-order valence-electron chi connectivity index (χ4n) is 1.31. The fourth-order valence-corrected chi connectivity index (χ4v) is 2.44. The SMILES string of the molecule is CC(C)NCC(O)CS(=O)c1cccc(F)c1. The van der Waals surface area contributed by atoms with Crippen LogP contribution in [-0.4, -0.2) is 33.8 Å². The largest absolute Gasteiger partial charge is 0.391 e. The molecule has 2 atom stereocenters. The molecule has 0 fully saturated rings. The summed E-state index contributed by atoms with van der Waals surface area (Å²) in [5, 5.41) is 12.7. The third-order valence-electron chi connectivity index (χ3n) is 2.16. The Kier molecular flexibility index (Phi) is 5.74. The molecule has 96 valence electrons. The summed E-state index contributed by atoms with van der Waals surface area (Å²) in [5.74, 6) is -0.297. The second-order valence-electron chi connectivity index (χ2n) is 4.19. The number of aliphatic hydroxyl groups is 1. The van der Waals surface area contributed by atoms with Gasteiger partial charge >= 0.3 is 0 Å². The van der Waals surface area contributed by atoms with Crippen LogP contribution in [0.1, 0.15) is 13.8 Å². The molecule has 2 N–H and O–H groups in total. The Morgan fingerprint density at radius 2 is 2.18 bits per heavy atom. The highest BCUT2D eigenvalue weighted by molar-refractivity contribution is 7.85. The molecule has 0 heterocycles. The lowest BCUT2D eigenvalue weighted by Crippen LogP contribution is -2.34. The molecule has 0 spiro atoms. The summed E-state index contributed by atoms with van der Waals surface area (Å²) < 4.78 is 24.7. The average Bonchev–Trinajstić information content (AvgIpc) is 2.26. The summed E-state index contributed by atoms with van der Waals surface area (Å²) in [5.41, 5.74) is 0. The summed E-state index contributed by atoms with van der Waals surface area (Å²) in [6, 6.07) is 5.92. The molecule has 5 heteroatoms. The molecule has 2 unspecified atom stereocenters. The minimum atomic E-state index is -1.37. The first kappa shape index (κ1) is 14.3. The van der Waals surface area contributed by atoms with Crippen molar-refractivity contribution in [1.29, 1.82) is 0 Å². The van der Waals surface area contributed by atoms with Gasteiger partial charge in [-0.2, -0.15) is 0 Å². The number of hydrogen-bond acceptors (Lipinski definition) is 3. The van der Waals surface area contributed by atoms with Crippen LogP contribution in [0.25, 0.3) is 0 Å². The molecule has 0 radical (unpaired) electrons. The minimum Gasteiger partial charge on any atom is -0.391 e. The maximum absolute atomic E-state index is 12.9. The first-order chi connectivity index (χ1) is 7.99. The first-order valence-electron chi connectivity index (χ1n) is 5.54. The average molecular weight is 259 g/mol. The lowest BCUT2D eigenvalue weighted by atomic mass is 10.3. The van der Waals surface area contributed by atoms with Gasteiger partial charge in [-0.15, -0.1) is 0 Å². The van der Waals surface area contributed by atoms with Gasteiger partial charge in [0.25, 0.3) is 0 Å². The van der Waals surface area contributed by atoms with E-state index in [4.69, 9.17) is 0 Å². The van der Waals surface area contributed by atoms with Crippen LogP contribution in [0.5, 0.6) is 0 Å². The van der Waals surface area contributed by atoms with Crippen molar-refractivity contribution in [3.05, 3.63) is 30.1 Å². The highest BCUT2D eigenvalue weighted by atomic mass is 32.2. The van der Waals surface area contributed by atoms with E-state index < -0.39 is 22.7 Å². The molecule has 1 aromatic rings. The van der Waals surface area contributed by atoms with E-state index in [1.54, 1.807) is 6.07 Å². The molecule has 0 aromatic heterocycles. The zero-order valence-electron chi connectivity index (χ0n) is 10.0. The van der Waals surface area contributed by atoms with Crippen molar-refractivity contribution in [3.63, 3.8) is 0 Å². The zero-order chi connectivity index (χ0) is 12.8. The zero-order valence-corrected chi connectivity index (χ0v) is 10.8. The number of aliphatic hydroxyl groups excluding tert-OH is 1. The molecule has 17 heavy (non-hydrogen) atoms. The van der Waals surface area contributed by atoms with Crippen molar-refractivity contribution < 1.29 is 13.7 Å². The molecule has 0 saturated carbocycles. The van der Waals surface area contributed by atoms with Crippen LogP contribution in [0.2, 0.25) is 0 Å². The summed E-state index contributed by atoms with van der Waals surface area (Å²) in [6.45, 7) is 4.32. The van der Waals surface area contributed by atoms with Gasteiger partial charge in [-0.25, -0.2) is 4.39 Å². The van der Waals surface area contributed by atoms with Crippen molar-refractivity contribution in [2.24, 2.45) is 0 Å². The third kappa shape index (κ3) is 5.39. The van der Waals surface area contributed by atoms with E-state index in [9.17, 15) is 13.7 Å². The van der Waals surface area contributed by atoms with Crippen LogP contribution in [-0.2, 0) is 10.8 Å². The van der Waals surface area contributed by atoms with E-state index >= 15 is 0 Å². The van der Waals surface area contributed by atoms with Crippen molar-refractivity contribution in [2.45, 2.75) is 30.9 Å². The van der Waals surface area contributed by atoms with Crippen LogP contribution >= 0.6 is 0 Å². The predicted molar refractivity (Wildman–Crippen MR) is 66.8 cm³/mol. The van der Waals surface area contributed by atoms with E-state index in [-0.39, 0.29) is 11.8 Å². The Labute approximate surface area is 104 Å². The Bertz CT molecular complexity index is 385. The number of nitrogens with one attached hydrogen (secondary N) is 1. The van der Waals surface area contributed by atoms with Gasteiger partial charge in [0, 0.05) is 17.5 Å². The molecule has 0 aliphatic rings.